The molecule has 6 nitrogen and oxygen atoms in total. The molecule has 0 heterocycles. The van der Waals surface area contributed by atoms with Gasteiger partial charge in [-0.1, -0.05) is 24.3 Å². The predicted octanol–water partition coefficient (Wildman–Crippen LogP) is 4.68. The van der Waals surface area contributed by atoms with Gasteiger partial charge in [0.25, 0.3) is 11.8 Å². The van der Waals surface area contributed by atoms with Gasteiger partial charge in [-0.3, -0.25) is 9.59 Å². The summed E-state index contributed by atoms with van der Waals surface area (Å²) in [7, 11) is 0. The summed E-state index contributed by atoms with van der Waals surface area (Å²) >= 11 is 0. The Hall–Kier alpha value is -3.93. The summed E-state index contributed by atoms with van der Waals surface area (Å²) in [6, 6.07) is 20.4. The van der Waals surface area contributed by atoms with Crippen LogP contribution in [0.1, 0.15) is 43.6 Å². The van der Waals surface area contributed by atoms with Crippen LogP contribution in [0.2, 0.25) is 0 Å². The normalized spacial score (nSPS) is 10.2. The molecule has 2 amide bonds. The molecular weight excluding hydrogens is 380 g/mol. The molecule has 0 saturated heterocycles. The zero-order valence-electron chi connectivity index (χ0n) is 16.8. The average Bonchev–Trinajstić information content (AvgIpc) is 2.76. The van der Waals surface area contributed by atoms with E-state index >= 15 is 0 Å². The minimum absolute atomic E-state index is 0.245. The minimum Gasteiger partial charge on any atom is -0.462 e. The van der Waals surface area contributed by atoms with Crippen molar-refractivity contribution >= 4 is 29.2 Å². The zero-order chi connectivity index (χ0) is 21.5. The van der Waals surface area contributed by atoms with Crippen molar-refractivity contribution in [1.29, 1.82) is 0 Å². The largest absolute Gasteiger partial charge is 0.462 e. The molecule has 2 N–H and O–H groups in total. The molecule has 0 atom stereocenters. The van der Waals surface area contributed by atoms with E-state index < -0.39 is 5.97 Å². The van der Waals surface area contributed by atoms with Crippen LogP contribution in [0.4, 0.5) is 11.4 Å². The third-order valence-corrected chi connectivity index (χ3v) is 4.44. The van der Waals surface area contributed by atoms with Crippen molar-refractivity contribution in [3.05, 3.63) is 95.1 Å². The van der Waals surface area contributed by atoms with Crippen molar-refractivity contribution < 1.29 is 19.1 Å². The smallest absolute Gasteiger partial charge is 0.338 e. The zero-order valence-corrected chi connectivity index (χ0v) is 16.8. The van der Waals surface area contributed by atoms with Crippen molar-refractivity contribution in [2.24, 2.45) is 0 Å². The van der Waals surface area contributed by atoms with Crippen LogP contribution in [0, 0.1) is 6.92 Å². The number of carbonyl (C=O) groups excluding carboxylic acids is 3. The Morgan fingerprint density at radius 3 is 2.07 bits per heavy atom. The van der Waals surface area contributed by atoms with E-state index in [0.29, 0.717) is 34.7 Å². The highest BCUT2D eigenvalue weighted by Crippen LogP contribution is 2.19. The molecule has 0 fully saturated rings. The van der Waals surface area contributed by atoms with E-state index in [1.54, 1.807) is 73.7 Å². The lowest BCUT2D eigenvalue weighted by Crippen LogP contribution is -2.15. The molecule has 3 aromatic rings. The summed E-state index contributed by atoms with van der Waals surface area (Å²) in [5.74, 6) is -0.979. The second kappa shape index (κ2) is 9.52. The highest BCUT2D eigenvalue weighted by molar-refractivity contribution is 6.07. The molecular formula is C24H22N2O4. The third kappa shape index (κ3) is 5.11. The molecule has 152 valence electrons. The fourth-order valence-electron chi connectivity index (χ4n) is 2.79. The molecule has 0 spiro atoms. The number of rotatable bonds is 6. The van der Waals surface area contributed by atoms with Crippen LogP contribution < -0.4 is 10.6 Å². The molecule has 0 radical (unpaired) electrons. The minimum atomic E-state index is -0.410. The number of benzene rings is 3. The van der Waals surface area contributed by atoms with Gasteiger partial charge in [0.2, 0.25) is 0 Å². The quantitative estimate of drug-likeness (QED) is 0.587. The molecule has 0 aliphatic heterocycles. The Balaban J connectivity index is 1.71. The summed E-state index contributed by atoms with van der Waals surface area (Å²) < 4.78 is 4.95. The van der Waals surface area contributed by atoms with Crippen molar-refractivity contribution in [3.63, 3.8) is 0 Å². The first-order valence-corrected chi connectivity index (χ1v) is 9.53. The molecule has 3 rings (SSSR count). The Bertz CT molecular complexity index is 1060. The van der Waals surface area contributed by atoms with Gasteiger partial charge in [-0.25, -0.2) is 4.79 Å². The Morgan fingerprint density at radius 2 is 1.40 bits per heavy atom. The van der Waals surface area contributed by atoms with E-state index in [1.165, 1.54) is 0 Å². The summed E-state index contributed by atoms with van der Waals surface area (Å²) in [6.07, 6.45) is 0. The van der Waals surface area contributed by atoms with Crippen LogP contribution in [0.3, 0.4) is 0 Å². The van der Waals surface area contributed by atoms with Gasteiger partial charge in [0.05, 0.1) is 12.2 Å². The standard InChI is InChI=1S/C24H22N2O4/c1-3-30-24(29)18-11-13-20(14-12-18)25-23(28)19-10-9-16(2)21(15-19)26-22(27)17-7-5-4-6-8-17/h4-15H,3H2,1-2H3,(H,25,28)(H,26,27). The molecule has 0 unspecified atom stereocenters. The number of carbonyl (C=O) groups is 3. The van der Waals surface area contributed by atoms with Crippen molar-refractivity contribution in [3.8, 4) is 0 Å². The Labute approximate surface area is 174 Å². The first-order chi connectivity index (χ1) is 14.5. The molecule has 30 heavy (non-hydrogen) atoms. The van der Waals surface area contributed by atoms with Crippen molar-refractivity contribution in [1.82, 2.24) is 0 Å². The maximum atomic E-state index is 12.6. The molecule has 3 aromatic carbocycles. The SMILES string of the molecule is CCOC(=O)c1ccc(NC(=O)c2ccc(C)c(NC(=O)c3ccccc3)c2)cc1. The summed E-state index contributed by atoms with van der Waals surface area (Å²) in [6.45, 7) is 3.90. The number of nitrogens with one attached hydrogen (secondary N) is 2. The number of amides is 2. The molecule has 6 heteroatoms. The van der Waals surface area contributed by atoms with Crippen LogP contribution in [0.15, 0.2) is 72.8 Å². The highest BCUT2D eigenvalue weighted by Gasteiger charge is 2.12. The maximum Gasteiger partial charge on any atom is 0.338 e. The van der Waals surface area contributed by atoms with Crippen LogP contribution in [0.25, 0.3) is 0 Å². The predicted molar refractivity (Wildman–Crippen MR) is 116 cm³/mol. The topological polar surface area (TPSA) is 84.5 Å². The molecule has 0 aliphatic rings. The fourth-order valence-corrected chi connectivity index (χ4v) is 2.79. The summed E-state index contributed by atoms with van der Waals surface area (Å²) in [4.78, 5) is 36.8. The van der Waals surface area contributed by atoms with Crippen LogP contribution in [0.5, 0.6) is 0 Å². The number of aryl methyl sites for hydroxylation is 1. The average molecular weight is 402 g/mol. The Kier molecular flexibility index (Phi) is 6.60. The van der Waals surface area contributed by atoms with Gasteiger partial charge in [0.1, 0.15) is 0 Å². The van der Waals surface area contributed by atoms with E-state index in [9.17, 15) is 14.4 Å². The van der Waals surface area contributed by atoms with Crippen LogP contribution >= 0.6 is 0 Å². The van der Waals surface area contributed by atoms with Crippen LogP contribution in [-0.2, 0) is 4.74 Å². The van der Waals surface area contributed by atoms with Gasteiger partial charge < -0.3 is 15.4 Å². The monoisotopic (exact) mass is 402 g/mol. The van der Waals surface area contributed by atoms with E-state index in [1.807, 2.05) is 13.0 Å². The lowest BCUT2D eigenvalue weighted by atomic mass is 10.1. The lowest BCUT2D eigenvalue weighted by Gasteiger charge is -2.11. The lowest BCUT2D eigenvalue weighted by molar-refractivity contribution is 0.0526. The highest BCUT2D eigenvalue weighted by atomic mass is 16.5. The van der Waals surface area contributed by atoms with Gasteiger partial charge in [-0.05, 0) is 67.9 Å². The molecule has 0 aliphatic carbocycles. The second-order valence-electron chi connectivity index (χ2n) is 6.60. The third-order valence-electron chi connectivity index (χ3n) is 4.44. The number of hydrogen-bond donors (Lipinski definition) is 2. The van der Waals surface area contributed by atoms with E-state index in [-0.39, 0.29) is 11.8 Å². The fraction of sp³-hybridized carbons (Fsp3) is 0.125. The van der Waals surface area contributed by atoms with Gasteiger partial charge in [-0.2, -0.15) is 0 Å². The maximum absolute atomic E-state index is 12.6. The summed E-state index contributed by atoms with van der Waals surface area (Å²) in [5.41, 5.74) is 3.30. The Morgan fingerprint density at radius 1 is 0.767 bits per heavy atom. The molecule has 0 saturated carbocycles. The van der Waals surface area contributed by atoms with E-state index in [4.69, 9.17) is 4.74 Å². The van der Waals surface area contributed by atoms with E-state index in [2.05, 4.69) is 10.6 Å². The second-order valence-corrected chi connectivity index (χ2v) is 6.60. The first-order valence-electron chi connectivity index (χ1n) is 9.53. The van der Waals surface area contributed by atoms with Crippen molar-refractivity contribution in [2.45, 2.75) is 13.8 Å². The van der Waals surface area contributed by atoms with Gasteiger partial charge in [-0.15, -0.1) is 0 Å². The summed E-state index contributed by atoms with van der Waals surface area (Å²) in [5, 5.41) is 5.63. The van der Waals surface area contributed by atoms with E-state index in [0.717, 1.165) is 5.56 Å². The number of hydrogen-bond acceptors (Lipinski definition) is 4. The molecule has 0 bridgehead atoms. The van der Waals surface area contributed by atoms with Gasteiger partial charge in [0, 0.05) is 22.5 Å². The van der Waals surface area contributed by atoms with Gasteiger partial charge >= 0.3 is 5.97 Å². The number of ether oxygens (including phenoxy) is 1. The molecule has 0 aromatic heterocycles. The first kappa shape index (κ1) is 20.8. The van der Waals surface area contributed by atoms with Gasteiger partial charge in [0.15, 0.2) is 0 Å². The number of anilines is 2. The number of esters is 1. The van der Waals surface area contributed by atoms with Crippen LogP contribution in [-0.4, -0.2) is 24.4 Å². The van der Waals surface area contributed by atoms with Crippen molar-refractivity contribution in [2.75, 3.05) is 17.2 Å².